The van der Waals surface area contributed by atoms with E-state index in [2.05, 4.69) is 13.8 Å². The van der Waals surface area contributed by atoms with Crippen LogP contribution in [0, 0.1) is 11.3 Å². The molecule has 0 heterocycles. The van der Waals surface area contributed by atoms with Gasteiger partial charge < -0.3 is 5.11 Å². The molecule has 0 spiro atoms. The van der Waals surface area contributed by atoms with Gasteiger partial charge in [0.15, 0.2) is 0 Å². The number of ketones is 1. The maximum atomic E-state index is 12.3. The molecule has 2 atom stereocenters. The normalized spacial score (nSPS) is 23.2. The molecule has 21 heavy (non-hydrogen) atoms. The van der Waals surface area contributed by atoms with Gasteiger partial charge in [0.25, 0.3) is 0 Å². The first-order chi connectivity index (χ1) is 9.98. The maximum Gasteiger partial charge on any atom is 0.138 e. The SMILES string of the molecule is CC1(C)CCC(=O)[C@H]([C@@H](O)c2cccc3ccccc23)C1. The van der Waals surface area contributed by atoms with E-state index in [1.807, 2.05) is 42.5 Å². The summed E-state index contributed by atoms with van der Waals surface area (Å²) in [7, 11) is 0. The first-order valence-corrected chi connectivity index (χ1v) is 7.66. The van der Waals surface area contributed by atoms with Gasteiger partial charge in [0.1, 0.15) is 5.78 Å². The fraction of sp³-hybridized carbons (Fsp3) is 0.421. The summed E-state index contributed by atoms with van der Waals surface area (Å²) in [5.41, 5.74) is 1.01. The largest absolute Gasteiger partial charge is 0.388 e. The van der Waals surface area contributed by atoms with E-state index in [-0.39, 0.29) is 17.1 Å². The zero-order chi connectivity index (χ0) is 15.0. The summed E-state index contributed by atoms with van der Waals surface area (Å²) in [6.07, 6.45) is 1.56. The zero-order valence-electron chi connectivity index (χ0n) is 12.7. The number of fused-ring (bicyclic) bond motifs is 1. The van der Waals surface area contributed by atoms with Crippen molar-refractivity contribution in [1.82, 2.24) is 0 Å². The molecular weight excluding hydrogens is 260 g/mol. The van der Waals surface area contributed by atoms with Crippen LogP contribution in [0.15, 0.2) is 42.5 Å². The Morgan fingerprint density at radius 3 is 2.67 bits per heavy atom. The molecule has 1 fully saturated rings. The fourth-order valence-corrected chi connectivity index (χ4v) is 3.47. The van der Waals surface area contributed by atoms with Gasteiger partial charge in [0.05, 0.1) is 6.10 Å². The number of hydrogen-bond acceptors (Lipinski definition) is 2. The van der Waals surface area contributed by atoms with Crippen molar-refractivity contribution in [3.8, 4) is 0 Å². The molecule has 0 radical (unpaired) electrons. The third-order valence-electron chi connectivity index (χ3n) is 4.76. The van der Waals surface area contributed by atoms with Crippen LogP contribution in [-0.4, -0.2) is 10.9 Å². The molecule has 0 saturated heterocycles. The fourth-order valence-electron chi connectivity index (χ4n) is 3.47. The molecule has 0 amide bonds. The molecular formula is C19H22O2. The molecule has 0 bridgehead atoms. The Hall–Kier alpha value is -1.67. The second-order valence-electron chi connectivity index (χ2n) is 6.95. The molecule has 0 unspecified atom stereocenters. The van der Waals surface area contributed by atoms with Gasteiger partial charge in [0, 0.05) is 12.3 Å². The molecule has 1 aliphatic rings. The molecule has 0 aliphatic heterocycles. The minimum atomic E-state index is -0.705. The Balaban J connectivity index is 2.00. The Bertz CT molecular complexity index is 667. The number of carbonyl (C=O) groups excluding carboxylic acids is 1. The van der Waals surface area contributed by atoms with Crippen LogP contribution in [0.2, 0.25) is 0 Å². The van der Waals surface area contributed by atoms with E-state index in [0.717, 1.165) is 29.2 Å². The summed E-state index contributed by atoms with van der Waals surface area (Å²) in [5, 5.41) is 13.0. The molecule has 2 aromatic rings. The van der Waals surface area contributed by atoms with Crippen LogP contribution < -0.4 is 0 Å². The van der Waals surface area contributed by atoms with Gasteiger partial charge in [-0.05, 0) is 34.6 Å². The molecule has 1 aliphatic carbocycles. The van der Waals surface area contributed by atoms with Gasteiger partial charge in [-0.1, -0.05) is 56.3 Å². The van der Waals surface area contributed by atoms with Crippen molar-refractivity contribution in [2.45, 2.75) is 39.2 Å². The lowest BCUT2D eigenvalue weighted by molar-refractivity contribution is -0.131. The van der Waals surface area contributed by atoms with Crippen LogP contribution in [0.5, 0.6) is 0 Å². The van der Waals surface area contributed by atoms with Crippen molar-refractivity contribution in [3.05, 3.63) is 48.0 Å². The molecule has 1 N–H and O–H groups in total. The highest BCUT2D eigenvalue weighted by Gasteiger charge is 2.38. The molecule has 2 aromatic carbocycles. The van der Waals surface area contributed by atoms with Crippen LogP contribution in [-0.2, 0) is 4.79 Å². The molecule has 3 rings (SSSR count). The summed E-state index contributed by atoms with van der Waals surface area (Å²) < 4.78 is 0. The standard InChI is InChI=1S/C19H22O2/c1-19(2)11-10-17(20)16(12-19)18(21)15-9-5-7-13-6-3-4-8-14(13)15/h3-9,16,18,21H,10-12H2,1-2H3/t16-,18+/m1/s1. The number of rotatable bonds is 2. The van der Waals surface area contributed by atoms with Crippen LogP contribution in [0.25, 0.3) is 10.8 Å². The average Bonchev–Trinajstić information content (AvgIpc) is 2.48. The summed E-state index contributed by atoms with van der Waals surface area (Å²) in [4.78, 5) is 12.3. The van der Waals surface area contributed by atoms with Crippen molar-refractivity contribution in [1.29, 1.82) is 0 Å². The van der Waals surface area contributed by atoms with Crippen LogP contribution in [0.4, 0.5) is 0 Å². The second-order valence-corrected chi connectivity index (χ2v) is 6.95. The number of hydrogen-bond donors (Lipinski definition) is 1. The minimum absolute atomic E-state index is 0.129. The highest BCUT2D eigenvalue weighted by atomic mass is 16.3. The molecule has 2 nitrogen and oxygen atoms in total. The summed E-state index contributed by atoms with van der Waals surface area (Å²) >= 11 is 0. The number of aliphatic hydroxyl groups is 1. The monoisotopic (exact) mass is 282 g/mol. The quantitative estimate of drug-likeness (QED) is 0.893. The zero-order valence-corrected chi connectivity index (χ0v) is 12.7. The first-order valence-electron chi connectivity index (χ1n) is 7.66. The second kappa shape index (κ2) is 5.27. The average molecular weight is 282 g/mol. The van der Waals surface area contributed by atoms with E-state index < -0.39 is 6.10 Å². The first kappa shape index (κ1) is 14.3. The van der Waals surface area contributed by atoms with Gasteiger partial charge in [0.2, 0.25) is 0 Å². The predicted molar refractivity (Wildman–Crippen MR) is 85.0 cm³/mol. The lowest BCUT2D eigenvalue weighted by Crippen LogP contribution is -2.33. The third-order valence-corrected chi connectivity index (χ3v) is 4.76. The van der Waals surface area contributed by atoms with E-state index in [9.17, 15) is 9.90 Å². The summed E-state index contributed by atoms with van der Waals surface area (Å²) in [6.45, 7) is 4.37. The van der Waals surface area contributed by atoms with Crippen molar-refractivity contribution < 1.29 is 9.90 Å². The van der Waals surface area contributed by atoms with Gasteiger partial charge in [-0.25, -0.2) is 0 Å². The number of aliphatic hydroxyl groups excluding tert-OH is 1. The van der Waals surface area contributed by atoms with Gasteiger partial charge in [-0.3, -0.25) is 4.79 Å². The number of carbonyl (C=O) groups is 1. The topological polar surface area (TPSA) is 37.3 Å². The van der Waals surface area contributed by atoms with Crippen LogP contribution in [0.3, 0.4) is 0 Å². The lowest BCUT2D eigenvalue weighted by atomic mass is 9.69. The van der Waals surface area contributed by atoms with E-state index in [0.29, 0.717) is 6.42 Å². The Morgan fingerprint density at radius 1 is 1.14 bits per heavy atom. The predicted octanol–water partition coefficient (Wildman–Crippen LogP) is 4.27. The van der Waals surface area contributed by atoms with E-state index >= 15 is 0 Å². The van der Waals surface area contributed by atoms with Gasteiger partial charge in [-0.2, -0.15) is 0 Å². The molecule has 2 heteroatoms. The van der Waals surface area contributed by atoms with Gasteiger partial charge >= 0.3 is 0 Å². The Morgan fingerprint density at radius 2 is 1.86 bits per heavy atom. The molecule has 0 aromatic heterocycles. The summed E-state index contributed by atoms with van der Waals surface area (Å²) in [5.74, 6) is -0.0747. The molecule has 110 valence electrons. The maximum absolute atomic E-state index is 12.3. The minimum Gasteiger partial charge on any atom is -0.388 e. The smallest absolute Gasteiger partial charge is 0.138 e. The van der Waals surface area contributed by atoms with Crippen molar-refractivity contribution in [2.24, 2.45) is 11.3 Å². The van der Waals surface area contributed by atoms with E-state index in [4.69, 9.17) is 0 Å². The van der Waals surface area contributed by atoms with Crippen molar-refractivity contribution in [3.63, 3.8) is 0 Å². The van der Waals surface area contributed by atoms with Crippen molar-refractivity contribution in [2.75, 3.05) is 0 Å². The van der Waals surface area contributed by atoms with E-state index in [1.54, 1.807) is 0 Å². The number of benzene rings is 2. The van der Waals surface area contributed by atoms with E-state index in [1.165, 1.54) is 0 Å². The van der Waals surface area contributed by atoms with Crippen LogP contribution >= 0.6 is 0 Å². The Labute approximate surface area is 125 Å². The lowest BCUT2D eigenvalue weighted by Gasteiger charge is -2.36. The third kappa shape index (κ3) is 2.73. The highest BCUT2D eigenvalue weighted by molar-refractivity contribution is 5.88. The highest BCUT2D eigenvalue weighted by Crippen LogP contribution is 2.42. The van der Waals surface area contributed by atoms with Crippen LogP contribution in [0.1, 0.15) is 44.8 Å². The summed E-state index contributed by atoms with van der Waals surface area (Å²) in [6, 6.07) is 14.0. The van der Waals surface area contributed by atoms with Gasteiger partial charge in [-0.15, -0.1) is 0 Å². The van der Waals surface area contributed by atoms with Crippen molar-refractivity contribution >= 4 is 16.6 Å². The Kier molecular flexibility index (Phi) is 3.58. The molecule has 1 saturated carbocycles. The number of Topliss-reactive ketones (excluding diaryl/α,β-unsaturated/α-hetero) is 1.